The summed E-state index contributed by atoms with van der Waals surface area (Å²) in [7, 11) is 0. The van der Waals surface area contributed by atoms with Gasteiger partial charge < -0.3 is 10.6 Å². The Hall–Kier alpha value is -0.0800. The molecule has 3 aliphatic rings. The highest BCUT2D eigenvalue weighted by molar-refractivity contribution is 4.97. The molecule has 2 aliphatic carbocycles. The van der Waals surface area contributed by atoms with Crippen LogP contribution >= 0.6 is 0 Å². The van der Waals surface area contributed by atoms with Crippen molar-refractivity contribution in [2.45, 2.75) is 64.5 Å². The van der Waals surface area contributed by atoms with E-state index in [0.717, 1.165) is 23.9 Å². The van der Waals surface area contributed by atoms with E-state index in [0.29, 0.717) is 5.41 Å². The van der Waals surface area contributed by atoms with E-state index in [9.17, 15) is 0 Å². The van der Waals surface area contributed by atoms with Crippen LogP contribution in [0, 0.1) is 17.3 Å². The van der Waals surface area contributed by atoms with Gasteiger partial charge >= 0.3 is 0 Å². The maximum Gasteiger partial charge on any atom is 0.0198 e. The van der Waals surface area contributed by atoms with Gasteiger partial charge in [-0.15, -0.1) is 0 Å². The van der Waals surface area contributed by atoms with Gasteiger partial charge in [0.1, 0.15) is 0 Å². The first-order valence-corrected chi connectivity index (χ1v) is 7.62. The summed E-state index contributed by atoms with van der Waals surface area (Å²) < 4.78 is 0. The third-order valence-corrected chi connectivity index (χ3v) is 5.45. The Bertz CT molecular complexity index is 260. The molecule has 17 heavy (non-hydrogen) atoms. The Kier molecular flexibility index (Phi) is 3.20. The highest BCUT2D eigenvalue weighted by Crippen LogP contribution is 2.50. The van der Waals surface area contributed by atoms with Crippen molar-refractivity contribution in [3.63, 3.8) is 0 Å². The van der Waals surface area contributed by atoms with Crippen molar-refractivity contribution in [3.05, 3.63) is 0 Å². The molecule has 0 spiro atoms. The smallest absolute Gasteiger partial charge is 0.0198 e. The van der Waals surface area contributed by atoms with Gasteiger partial charge in [-0.2, -0.15) is 0 Å². The normalized spacial score (nSPS) is 43.4. The summed E-state index contributed by atoms with van der Waals surface area (Å²) in [4.78, 5) is 0. The fourth-order valence-electron chi connectivity index (χ4n) is 3.94. The average molecular weight is 236 g/mol. The van der Waals surface area contributed by atoms with Crippen LogP contribution in [0.3, 0.4) is 0 Å². The summed E-state index contributed by atoms with van der Waals surface area (Å²) in [6, 6.07) is 1.61. The molecule has 1 aliphatic heterocycles. The van der Waals surface area contributed by atoms with Crippen LogP contribution in [0.25, 0.3) is 0 Å². The quantitative estimate of drug-likeness (QED) is 0.784. The van der Waals surface area contributed by atoms with Gasteiger partial charge in [0.25, 0.3) is 0 Å². The van der Waals surface area contributed by atoms with E-state index in [1.54, 1.807) is 0 Å². The van der Waals surface area contributed by atoms with Crippen molar-refractivity contribution in [2.24, 2.45) is 17.3 Å². The standard InChI is InChI=1S/C15H28N2/c1-15(2)8-12(15)9-16-10-13-7-11-5-3-4-6-14(11)17-13/h11-14,16-17H,3-10H2,1-2H3. The zero-order valence-electron chi connectivity index (χ0n) is 11.5. The maximum absolute atomic E-state index is 3.85. The zero-order chi connectivity index (χ0) is 11.9. The molecule has 0 radical (unpaired) electrons. The summed E-state index contributed by atoms with van der Waals surface area (Å²) in [6.45, 7) is 7.21. The van der Waals surface area contributed by atoms with Crippen molar-refractivity contribution >= 4 is 0 Å². The molecule has 2 N–H and O–H groups in total. The first-order chi connectivity index (χ1) is 8.15. The van der Waals surface area contributed by atoms with Gasteiger partial charge in [-0.1, -0.05) is 26.7 Å². The van der Waals surface area contributed by atoms with Crippen molar-refractivity contribution in [3.8, 4) is 0 Å². The fraction of sp³-hybridized carbons (Fsp3) is 1.00. The van der Waals surface area contributed by atoms with E-state index in [4.69, 9.17) is 0 Å². The SMILES string of the molecule is CC1(C)CC1CNCC1CC2CCCCC2N1. The van der Waals surface area contributed by atoms with E-state index in [2.05, 4.69) is 24.5 Å². The molecule has 2 nitrogen and oxygen atoms in total. The highest BCUT2D eigenvalue weighted by atomic mass is 15.0. The minimum absolute atomic E-state index is 0.629. The molecule has 4 atom stereocenters. The van der Waals surface area contributed by atoms with Gasteiger partial charge in [-0.05, 0) is 49.5 Å². The van der Waals surface area contributed by atoms with Crippen molar-refractivity contribution in [1.29, 1.82) is 0 Å². The topological polar surface area (TPSA) is 24.1 Å². The predicted molar refractivity (Wildman–Crippen MR) is 72.0 cm³/mol. The number of hydrogen-bond acceptors (Lipinski definition) is 2. The lowest BCUT2D eigenvalue weighted by Crippen LogP contribution is -2.39. The second-order valence-corrected chi connectivity index (χ2v) is 7.30. The lowest BCUT2D eigenvalue weighted by molar-refractivity contribution is 0.325. The number of rotatable bonds is 4. The van der Waals surface area contributed by atoms with Gasteiger partial charge in [0.2, 0.25) is 0 Å². The molecule has 3 rings (SSSR count). The number of fused-ring (bicyclic) bond motifs is 1. The molecule has 0 aromatic carbocycles. The van der Waals surface area contributed by atoms with Gasteiger partial charge in [0.05, 0.1) is 0 Å². The van der Waals surface area contributed by atoms with Gasteiger partial charge in [0.15, 0.2) is 0 Å². The largest absolute Gasteiger partial charge is 0.315 e. The molecule has 0 amide bonds. The summed E-state index contributed by atoms with van der Waals surface area (Å²) >= 11 is 0. The molecule has 1 saturated heterocycles. The van der Waals surface area contributed by atoms with Crippen LogP contribution in [0.2, 0.25) is 0 Å². The average Bonchev–Trinajstić information content (AvgIpc) is 2.74. The lowest BCUT2D eigenvalue weighted by Gasteiger charge is -2.24. The predicted octanol–water partition coefficient (Wildman–Crippen LogP) is 2.54. The lowest BCUT2D eigenvalue weighted by atomic mass is 9.85. The Labute approximate surface area is 106 Å². The third kappa shape index (κ3) is 2.68. The Morgan fingerprint density at radius 3 is 2.65 bits per heavy atom. The first-order valence-electron chi connectivity index (χ1n) is 7.62. The summed E-state index contributed by atoms with van der Waals surface area (Å²) in [5.41, 5.74) is 0.629. The molecule has 1 heterocycles. The molecule has 2 saturated carbocycles. The Balaban J connectivity index is 1.36. The fourth-order valence-corrected chi connectivity index (χ4v) is 3.94. The number of nitrogens with one attached hydrogen (secondary N) is 2. The molecular weight excluding hydrogens is 208 g/mol. The van der Waals surface area contributed by atoms with Crippen LogP contribution in [0.15, 0.2) is 0 Å². The Morgan fingerprint density at radius 1 is 1.18 bits per heavy atom. The molecular formula is C15H28N2. The highest BCUT2D eigenvalue weighted by Gasteiger charge is 2.45. The van der Waals surface area contributed by atoms with Crippen LogP contribution in [0.1, 0.15) is 52.4 Å². The number of hydrogen-bond donors (Lipinski definition) is 2. The van der Waals surface area contributed by atoms with Crippen LogP contribution in [-0.4, -0.2) is 25.2 Å². The minimum atomic E-state index is 0.629. The van der Waals surface area contributed by atoms with Crippen LogP contribution in [-0.2, 0) is 0 Å². The van der Waals surface area contributed by atoms with Crippen LogP contribution in [0.4, 0.5) is 0 Å². The van der Waals surface area contributed by atoms with Crippen LogP contribution < -0.4 is 10.6 Å². The summed E-state index contributed by atoms with van der Waals surface area (Å²) in [5, 5.41) is 7.54. The summed E-state index contributed by atoms with van der Waals surface area (Å²) in [6.07, 6.45) is 8.67. The molecule has 0 aromatic heterocycles. The first kappa shape index (κ1) is 12.0. The second-order valence-electron chi connectivity index (χ2n) is 7.30. The molecule has 3 fully saturated rings. The second kappa shape index (κ2) is 4.55. The molecule has 2 heteroatoms. The molecule has 4 unspecified atom stereocenters. The molecule has 0 aromatic rings. The zero-order valence-corrected chi connectivity index (χ0v) is 11.5. The molecule has 98 valence electrons. The van der Waals surface area contributed by atoms with Gasteiger partial charge in [0, 0.05) is 18.6 Å². The van der Waals surface area contributed by atoms with E-state index in [1.807, 2.05) is 0 Å². The van der Waals surface area contributed by atoms with Crippen LogP contribution in [0.5, 0.6) is 0 Å². The van der Waals surface area contributed by atoms with E-state index >= 15 is 0 Å². The van der Waals surface area contributed by atoms with E-state index in [1.165, 1.54) is 51.6 Å². The maximum atomic E-state index is 3.85. The monoisotopic (exact) mass is 236 g/mol. The van der Waals surface area contributed by atoms with Crippen molar-refractivity contribution in [1.82, 2.24) is 10.6 Å². The van der Waals surface area contributed by atoms with E-state index in [-0.39, 0.29) is 0 Å². The van der Waals surface area contributed by atoms with Crippen molar-refractivity contribution in [2.75, 3.05) is 13.1 Å². The molecule has 0 bridgehead atoms. The summed E-state index contributed by atoms with van der Waals surface area (Å²) in [5.74, 6) is 1.93. The third-order valence-electron chi connectivity index (χ3n) is 5.45. The van der Waals surface area contributed by atoms with Gasteiger partial charge in [-0.3, -0.25) is 0 Å². The van der Waals surface area contributed by atoms with E-state index < -0.39 is 0 Å². The minimum Gasteiger partial charge on any atom is -0.315 e. The Morgan fingerprint density at radius 2 is 1.94 bits per heavy atom. The van der Waals surface area contributed by atoms with Gasteiger partial charge in [-0.25, -0.2) is 0 Å². The van der Waals surface area contributed by atoms with Crippen molar-refractivity contribution < 1.29 is 0 Å².